The third-order valence-electron chi connectivity index (χ3n) is 4.55. The number of aliphatic hydroxyl groups excluding tert-OH is 1. The standard InChI is InChI=1S/C16H22FNO2/c1-10-8-15(12(11(2)19)9-13(10)17)18-6-7-20-16-5-3-4-14(16)18/h8-9,11,14,16,19H,3-7H2,1-2H3/t11-,14?,16?/m1/s1. The number of ether oxygens (including phenoxy) is 1. The Morgan fingerprint density at radius 1 is 1.40 bits per heavy atom. The third-order valence-corrected chi connectivity index (χ3v) is 4.55. The van der Waals surface area contributed by atoms with Crippen molar-refractivity contribution in [3.63, 3.8) is 0 Å². The molecule has 110 valence electrons. The van der Waals surface area contributed by atoms with E-state index in [4.69, 9.17) is 4.74 Å². The predicted octanol–water partition coefficient (Wildman–Crippen LogP) is 2.95. The summed E-state index contributed by atoms with van der Waals surface area (Å²) in [6, 6.07) is 3.72. The molecule has 3 rings (SSSR count). The number of halogens is 1. The Hall–Kier alpha value is -1.13. The van der Waals surface area contributed by atoms with Gasteiger partial charge in [-0.3, -0.25) is 0 Å². The number of anilines is 1. The zero-order valence-corrected chi connectivity index (χ0v) is 12.1. The van der Waals surface area contributed by atoms with Crippen molar-refractivity contribution < 1.29 is 14.2 Å². The van der Waals surface area contributed by atoms with Gasteiger partial charge in [-0.2, -0.15) is 0 Å². The van der Waals surface area contributed by atoms with Crippen LogP contribution in [-0.2, 0) is 4.74 Å². The van der Waals surface area contributed by atoms with Crippen LogP contribution in [0.15, 0.2) is 12.1 Å². The Balaban J connectivity index is 2.01. The molecule has 0 aromatic heterocycles. The fourth-order valence-electron chi connectivity index (χ4n) is 3.49. The molecule has 1 aliphatic heterocycles. The van der Waals surface area contributed by atoms with E-state index in [9.17, 15) is 9.50 Å². The summed E-state index contributed by atoms with van der Waals surface area (Å²) < 4.78 is 19.6. The molecular formula is C16H22FNO2. The first-order chi connectivity index (χ1) is 9.58. The van der Waals surface area contributed by atoms with E-state index in [0.717, 1.165) is 25.1 Å². The number of nitrogens with zero attached hydrogens (tertiary/aromatic N) is 1. The average molecular weight is 279 g/mol. The first-order valence-corrected chi connectivity index (χ1v) is 7.44. The number of hydrogen-bond donors (Lipinski definition) is 1. The lowest BCUT2D eigenvalue weighted by atomic mass is 10.0. The zero-order valence-electron chi connectivity index (χ0n) is 12.1. The van der Waals surface area contributed by atoms with Crippen LogP contribution in [0.1, 0.15) is 43.4 Å². The van der Waals surface area contributed by atoms with E-state index < -0.39 is 6.10 Å². The normalized spacial score (nSPS) is 27.5. The minimum atomic E-state index is -0.664. The summed E-state index contributed by atoms with van der Waals surface area (Å²) in [7, 11) is 0. The molecule has 0 amide bonds. The Morgan fingerprint density at radius 2 is 2.20 bits per heavy atom. The summed E-state index contributed by atoms with van der Waals surface area (Å²) in [5.41, 5.74) is 2.28. The fourth-order valence-corrected chi connectivity index (χ4v) is 3.49. The van der Waals surface area contributed by atoms with Crippen molar-refractivity contribution in [2.45, 2.75) is 51.4 Å². The summed E-state index contributed by atoms with van der Waals surface area (Å²) >= 11 is 0. The van der Waals surface area contributed by atoms with E-state index in [2.05, 4.69) is 4.90 Å². The molecule has 1 saturated carbocycles. The van der Waals surface area contributed by atoms with Crippen LogP contribution in [0.25, 0.3) is 0 Å². The molecule has 2 unspecified atom stereocenters. The van der Waals surface area contributed by atoms with E-state index in [1.165, 1.54) is 12.5 Å². The highest BCUT2D eigenvalue weighted by Gasteiger charge is 2.37. The van der Waals surface area contributed by atoms with Gasteiger partial charge in [0.05, 0.1) is 24.9 Å². The predicted molar refractivity (Wildman–Crippen MR) is 76.5 cm³/mol. The van der Waals surface area contributed by atoms with Crippen LogP contribution < -0.4 is 4.90 Å². The van der Waals surface area contributed by atoms with Gasteiger partial charge in [-0.1, -0.05) is 0 Å². The maximum atomic E-state index is 13.8. The van der Waals surface area contributed by atoms with E-state index in [1.807, 2.05) is 6.07 Å². The van der Waals surface area contributed by atoms with Gasteiger partial charge >= 0.3 is 0 Å². The summed E-state index contributed by atoms with van der Waals surface area (Å²) in [5.74, 6) is -0.249. The molecule has 3 nitrogen and oxygen atoms in total. The first kappa shape index (κ1) is 13.8. The van der Waals surface area contributed by atoms with Crippen LogP contribution in [0.2, 0.25) is 0 Å². The molecule has 2 aliphatic rings. The third kappa shape index (κ3) is 2.31. The number of morpholine rings is 1. The van der Waals surface area contributed by atoms with Crippen LogP contribution in [0.4, 0.5) is 10.1 Å². The Kier molecular flexibility index (Phi) is 3.69. The topological polar surface area (TPSA) is 32.7 Å². The summed E-state index contributed by atoms with van der Waals surface area (Å²) in [4.78, 5) is 2.32. The van der Waals surface area contributed by atoms with Gasteiger partial charge in [-0.05, 0) is 50.8 Å². The van der Waals surface area contributed by atoms with Crippen molar-refractivity contribution in [1.29, 1.82) is 0 Å². The number of aryl methyl sites for hydroxylation is 1. The van der Waals surface area contributed by atoms with Crippen molar-refractivity contribution in [2.75, 3.05) is 18.1 Å². The SMILES string of the molecule is Cc1cc(N2CCOC3CCCC32)c([C@@H](C)O)cc1F. The lowest BCUT2D eigenvalue weighted by Gasteiger charge is -2.40. The summed E-state index contributed by atoms with van der Waals surface area (Å²) in [6.07, 6.45) is 3.01. The highest BCUT2D eigenvalue weighted by molar-refractivity contribution is 5.58. The molecule has 1 aromatic carbocycles. The van der Waals surface area contributed by atoms with Crippen molar-refractivity contribution >= 4 is 5.69 Å². The molecule has 4 heteroatoms. The minimum Gasteiger partial charge on any atom is -0.389 e. The number of rotatable bonds is 2. The molecule has 0 spiro atoms. The molecule has 20 heavy (non-hydrogen) atoms. The second-order valence-corrected chi connectivity index (χ2v) is 5.94. The van der Waals surface area contributed by atoms with Gasteiger partial charge < -0.3 is 14.7 Å². The Bertz CT molecular complexity index is 503. The molecule has 0 radical (unpaired) electrons. The largest absolute Gasteiger partial charge is 0.389 e. The molecule has 1 aliphatic carbocycles. The van der Waals surface area contributed by atoms with Crippen molar-refractivity contribution in [3.8, 4) is 0 Å². The highest BCUT2D eigenvalue weighted by atomic mass is 19.1. The van der Waals surface area contributed by atoms with Crippen LogP contribution in [0.5, 0.6) is 0 Å². The van der Waals surface area contributed by atoms with Gasteiger partial charge in [0.2, 0.25) is 0 Å². The van der Waals surface area contributed by atoms with Crippen LogP contribution in [0.3, 0.4) is 0 Å². The van der Waals surface area contributed by atoms with Crippen molar-refractivity contribution in [2.24, 2.45) is 0 Å². The fraction of sp³-hybridized carbons (Fsp3) is 0.625. The Morgan fingerprint density at radius 3 is 2.95 bits per heavy atom. The summed E-state index contributed by atoms with van der Waals surface area (Å²) in [5, 5.41) is 9.97. The lowest BCUT2D eigenvalue weighted by molar-refractivity contribution is 0.0254. The van der Waals surface area contributed by atoms with E-state index >= 15 is 0 Å². The van der Waals surface area contributed by atoms with Gasteiger partial charge in [0, 0.05) is 17.8 Å². The average Bonchev–Trinajstić information content (AvgIpc) is 2.89. The first-order valence-electron chi connectivity index (χ1n) is 7.44. The second-order valence-electron chi connectivity index (χ2n) is 5.94. The van der Waals surface area contributed by atoms with Gasteiger partial charge in [-0.25, -0.2) is 4.39 Å². The van der Waals surface area contributed by atoms with Crippen molar-refractivity contribution in [3.05, 3.63) is 29.1 Å². The molecule has 2 fully saturated rings. The molecular weight excluding hydrogens is 257 g/mol. The van der Waals surface area contributed by atoms with Crippen LogP contribution >= 0.6 is 0 Å². The summed E-state index contributed by atoms with van der Waals surface area (Å²) in [6.45, 7) is 4.99. The molecule has 3 atom stereocenters. The maximum Gasteiger partial charge on any atom is 0.126 e. The smallest absolute Gasteiger partial charge is 0.126 e. The minimum absolute atomic E-state index is 0.249. The van der Waals surface area contributed by atoms with Crippen LogP contribution in [0, 0.1) is 12.7 Å². The highest BCUT2D eigenvalue weighted by Crippen LogP contribution is 2.37. The number of aliphatic hydroxyl groups is 1. The van der Waals surface area contributed by atoms with Gasteiger partial charge in [-0.15, -0.1) is 0 Å². The van der Waals surface area contributed by atoms with Crippen LogP contribution in [-0.4, -0.2) is 30.4 Å². The quantitative estimate of drug-likeness (QED) is 0.903. The molecule has 1 aromatic rings. The van der Waals surface area contributed by atoms with E-state index in [1.54, 1.807) is 13.8 Å². The number of fused-ring (bicyclic) bond motifs is 1. The van der Waals surface area contributed by atoms with E-state index in [0.29, 0.717) is 23.8 Å². The molecule has 1 saturated heterocycles. The zero-order chi connectivity index (χ0) is 14.3. The number of hydrogen-bond acceptors (Lipinski definition) is 3. The van der Waals surface area contributed by atoms with E-state index in [-0.39, 0.29) is 11.9 Å². The molecule has 1 N–H and O–H groups in total. The monoisotopic (exact) mass is 279 g/mol. The van der Waals surface area contributed by atoms with Gasteiger partial charge in [0.1, 0.15) is 5.82 Å². The number of benzene rings is 1. The molecule has 0 bridgehead atoms. The van der Waals surface area contributed by atoms with Gasteiger partial charge in [0.25, 0.3) is 0 Å². The molecule has 1 heterocycles. The second kappa shape index (κ2) is 5.34. The Labute approximate surface area is 119 Å². The lowest BCUT2D eigenvalue weighted by Crippen LogP contribution is -2.49. The van der Waals surface area contributed by atoms with Gasteiger partial charge in [0.15, 0.2) is 0 Å². The van der Waals surface area contributed by atoms with Crippen molar-refractivity contribution in [1.82, 2.24) is 0 Å². The maximum absolute atomic E-state index is 13.8.